The number of aromatic nitrogens is 3. The molecule has 26 heavy (non-hydrogen) atoms. The zero-order valence-corrected chi connectivity index (χ0v) is 15.5. The van der Waals surface area contributed by atoms with E-state index >= 15 is 0 Å². The van der Waals surface area contributed by atoms with E-state index in [1.54, 1.807) is 47.2 Å². The number of thioether (sulfide) groups is 1. The van der Waals surface area contributed by atoms with Crippen LogP contribution >= 0.6 is 11.8 Å². The number of ether oxygens (including phenoxy) is 1. The summed E-state index contributed by atoms with van der Waals surface area (Å²) in [6.45, 7) is 4.43. The zero-order valence-electron chi connectivity index (χ0n) is 14.7. The summed E-state index contributed by atoms with van der Waals surface area (Å²) < 4.78 is 7.02. The van der Waals surface area contributed by atoms with Crippen LogP contribution in [0.4, 0.5) is 0 Å². The minimum atomic E-state index is 0.114. The molecule has 7 heteroatoms. The summed E-state index contributed by atoms with van der Waals surface area (Å²) >= 11 is 1.57. The Morgan fingerprint density at radius 1 is 1.23 bits per heavy atom. The van der Waals surface area contributed by atoms with Gasteiger partial charge in [0.1, 0.15) is 6.33 Å². The number of aromatic hydroxyl groups is 1. The highest BCUT2D eigenvalue weighted by molar-refractivity contribution is 7.98. The fourth-order valence-corrected chi connectivity index (χ4v) is 3.06. The van der Waals surface area contributed by atoms with E-state index in [-0.39, 0.29) is 5.75 Å². The Labute approximate surface area is 156 Å². The largest absolute Gasteiger partial charge is 0.504 e. The first kappa shape index (κ1) is 18.0. The summed E-state index contributed by atoms with van der Waals surface area (Å²) in [7, 11) is 0. The second-order valence-corrected chi connectivity index (χ2v) is 6.58. The highest BCUT2D eigenvalue weighted by atomic mass is 32.2. The molecule has 1 aromatic heterocycles. The molecule has 6 nitrogen and oxygen atoms in total. The van der Waals surface area contributed by atoms with Gasteiger partial charge in [0.25, 0.3) is 0 Å². The van der Waals surface area contributed by atoms with Gasteiger partial charge in [-0.3, -0.25) is 0 Å². The van der Waals surface area contributed by atoms with Crippen LogP contribution in [0.1, 0.15) is 23.6 Å². The van der Waals surface area contributed by atoms with E-state index in [0.29, 0.717) is 17.5 Å². The molecule has 3 rings (SSSR count). The molecule has 0 spiro atoms. The zero-order chi connectivity index (χ0) is 18.4. The van der Waals surface area contributed by atoms with Crippen molar-refractivity contribution in [2.45, 2.75) is 24.8 Å². The first-order chi connectivity index (χ1) is 12.7. The number of nitrogens with zero attached hydrogens (tertiary/aromatic N) is 4. The Morgan fingerprint density at radius 3 is 2.81 bits per heavy atom. The van der Waals surface area contributed by atoms with Crippen molar-refractivity contribution in [3.05, 3.63) is 65.5 Å². The standard InChI is InChI=1S/C19H20N4O2S/c1-3-25-18-10-16(8-9-17(18)24)11-21-23-13-20-22-19(23)26-12-15-6-4-14(2)5-7-15/h4-11,13,24H,3,12H2,1-2H3/b21-11+. The van der Waals surface area contributed by atoms with Crippen molar-refractivity contribution >= 4 is 18.0 Å². The molecule has 2 aromatic carbocycles. The van der Waals surface area contributed by atoms with Crippen molar-refractivity contribution in [2.24, 2.45) is 5.10 Å². The van der Waals surface area contributed by atoms with Gasteiger partial charge in [0.05, 0.1) is 12.8 Å². The first-order valence-electron chi connectivity index (χ1n) is 8.24. The number of benzene rings is 2. The Hall–Kier alpha value is -2.80. The lowest BCUT2D eigenvalue weighted by Crippen LogP contribution is -1.95. The van der Waals surface area contributed by atoms with E-state index in [1.165, 1.54) is 11.1 Å². The predicted octanol–water partition coefficient (Wildman–Crippen LogP) is 3.87. The number of rotatable bonds is 7. The minimum Gasteiger partial charge on any atom is -0.504 e. The van der Waals surface area contributed by atoms with Crippen LogP contribution in [0.2, 0.25) is 0 Å². The fraction of sp³-hybridized carbons (Fsp3) is 0.211. The van der Waals surface area contributed by atoms with Gasteiger partial charge >= 0.3 is 0 Å². The number of hydrogen-bond acceptors (Lipinski definition) is 6. The molecule has 0 fully saturated rings. The van der Waals surface area contributed by atoms with Crippen molar-refractivity contribution in [3.63, 3.8) is 0 Å². The highest BCUT2D eigenvalue weighted by Crippen LogP contribution is 2.26. The molecule has 3 aromatic rings. The molecule has 0 atom stereocenters. The van der Waals surface area contributed by atoms with Crippen LogP contribution < -0.4 is 4.74 Å². The lowest BCUT2D eigenvalue weighted by Gasteiger charge is -2.06. The Balaban J connectivity index is 1.69. The topological polar surface area (TPSA) is 72.5 Å². The summed E-state index contributed by atoms with van der Waals surface area (Å²) in [5.41, 5.74) is 3.28. The van der Waals surface area contributed by atoms with Gasteiger partial charge in [0.15, 0.2) is 11.5 Å². The molecule has 134 valence electrons. The highest BCUT2D eigenvalue weighted by Gasteiger charge is 2.06. The van der Waals surface area contributed by atoms with E-state index < -0.39 is 0 Å². The molecule has 0 amide bonds. The van der Waals surface area contributed by atoms with Crippen molar-refractivity contribution < 1.29 is 9.84 Å². The molecular formula is C19H20N4O2S. The first-order valence-corrected chi connectivity index (χ1v) is 9.23. The minimum absolute atomic E-state index is 0.114. The van der Waals surface area contributed by atoms with Crippen molar-refractivity contribution in [3.8, 4) is 11.5 Å². The maximum atomic E-state index is 9.76. The maximum absolute atomic E-state index is 9.76. The Bertz CT molecular complexity index is 891. The average molecular weight is 368 g/mol. The molecule has 0 radical (unpaired) electrons. The summed E-state index contributed by atoms with van der Waals surface area (Å²) in [5, 5.41) is 22.9. The van der Waals surface area contributed by atoms with Gasteiger partial charge in [0, 0.05) is 5.75 Å². The van der Waals surface area contributed by atoms with Gasteiger partial charge in [-0.25, -0.2) is 0 Å². The molecular weight excluding hydrogens is 348 g/mol. The van der Waals surface area contributed by atoms with Gasteiger partial charge in [-0.1, -0.05) is 41.6 Å². The third kappa shape index (κ3) is 4.64. The number of phenols is 1. The van der Waals surface area contributed by atoms with Gasteiger partial charge in [0.2, 0.25) is 5.16 Å². The third-order valence-corrected chi connectivity index (χ3v) is 4.61. The second-order valence-electron chi connectivity index (χ2n) is 5.64. The third-order valence-electron chi connectivity index (χ3n) is 3.60. The van der Waals surface area contributed by atoms with Crippen LogP contribution in [0.25, 0.3) is 0 Å². The summed E-state index contributed by atoms with van der Waals surface area (Å²) in [6, 6.07) is 13.5. The summed E-state index contributed by atoms with van der Waals surface area (Å²) in [6.07, 6.45) is 3.25. The fourth-order valence-electron chi connectivity index (χ4n) is 2.24. The van der Waals surface area contributed by atoms with Crippen LogP contribution in [0.3, 0.4) is 0 Å². The Kier molecular flexibility index (Phi) is 5.91. The molecule has 1 N–H and O–H groups in total. The van der Waals surface area contributed by atoms with Gasteiger partial charge in [-0.05, 0) is 43.2 Å². The predicted molar refractivity (Wildman–Crippen MR) is 103 cm³/mol. The molecule has 0 saturated carbocycles. The van der Waals surface area contributed by atoms with Crippen molar-refractivity contribution in [2.75, 3.05) is 6.61 Å². The van der Waals surface area contributed by atoms with E-state index in [9.17, 15) is 5.11 Å². The Morgan fingerprint density at radius 2 is 2.04 bits per heavy atom. The monoisotopic (exact) mass is 368 g/mol. The van der Waals surface area contributed by atoms with Crippen LogP contribution in [0.5, 0.6) is 11.5 Å². The van der Waals surface area contributed by atoms with Crippen molar-refractivity contribution in [1.82, 2.24) is 14.9 Å². The van der Waals surface area contributed by atoms with Gasteiger partial charge < -0.3 is 9.84 Å². The second kappa shape index (κ2) is 8.53. The molecule has 1 heterocycles. The summed E-state index contributed by atoms with van der Waals surface area (Å²) in [4.78, 5) is 0. The van der Waals surface area contributed by atoms with Gasteiger partial charge in [-0.15, -0.1) is 10.2 Å². The van der Waals surface area contributed by atoms with E-state index in [2.05, 4.69) is 46.5 Å². The van der Waals surface area contributed by atoms with Crippen LogP contribution in [0, 0.1) is 6.92 Å². The molecule has 0 bridgehead atoms. The number of hydrogen-bond donors (Lipinski definition) is 1. The van der Waals surface area contributed by atoms with E-state index in [4.69, 9.17) is 4.74 Å². The molecule has 0 aliphatic rings. The maximum Gasteiger partial charge on any atom is 0.212 e. The van der Waals surface area contributed by atoms with Crippen molar-refractivity contribution in [1.29, 1.82) is 0 Å². The lowest BCUT2D eigenvalue weighted by molar-refractivity contribution is 0.318. The molecule has 0 aliphatic heterocycles. The average Bonchev–Trinajstić information content (AvgIpc) is 3.09. The molecule has 0 aliphatic carbocycles. The number of aryl methyl sites for hydroxylation is 1. The number of phenolic OH excluding ortho intramolecular Hbond substituents is 1. The molecule has 0 unspecified atom stereocenters. The van der Waals surface area contributed by atoms with Gasteiger partial charge in [-0.2, -0.15) is 9.78 Å². The molecule has 0 saturated heterocycles. The van der Waals surface area contributed by atoms with Crippen LogP contribution in [0.15, 0.2) is 59.0 Å². The quantitative estimate of drug-likeness (QED) is 0.506. The van der Waals surface area contributed by atoms with E-state index in [0.717, 1.165) is 11.3 Å². The summed E-state index contributed by atoms with van der Waals surface area (Å²) in [5.74, 6) is 1.35. The van der Waals surface area contributed by atoms with Crippen LogP contribution in [-0.4, -0.2) is 32.8 Å². The SMILES string of the molecule is CCOc1cc(/C=N/n2cnnc2SCc2ccc(C)cc2)ccc1O. The van der Waals surface area contributed by atoms with Crippen LogP contribution in [-0.2, 0) is 5.75 Å². The smallest absolute Gasteiger partial charge is 0.212 e. The normalized spacial score (nSPS) is 11.2. The van der Waals surface area contributed by atoms with E-state index in [1.807, 2.05) is 6.92 Å². The lowest BCUT2D eigenvalue weighted by atomic mass is 10.2.